The van der Waals surface area contributed by atoms with Gasteiger partial charge < -0.3 is 5.32 Å². The quantitative estimate of drug-likeness (QED) is 0.947. The molecular formula is C17H21FN4O. The molecule has 1 aromatic carbocycles. The summed E-state index contributed by atoms with van der Waals surface area (Å²) in [6, 6.07) is 6.00. The van der Waals surface area contributed by atoms with Gasteiger partial charge in [-0.2, -0.15) is 9.90 Å². The van der Waals surface area contributed by atoms with Gasteiger partial charge in [-0.15, -0.1) is 5.10 Å². The third-order valence-corrected chi connectivity index (χ3v) is 4.81. The molecule has 23 heavy (non-hydrogen) atoms. The van der Waals surface area contributed by atoms with Gasteiger partial charge in [-0.05, 0) is 42.5 Å². The lowest BCUT2D eigenvalue weighted by atomic mass is 9.78. The fourth-order valence-electron chi connectivity index (χ4n) is 3.09. The maximum Gasteiger partial charge on any atom is 0.273 e. The Bertz CT molecular complexity index is 682. The summed E-state index contributed by atoms with van der Waals surface area (Å²) in [4.78, 5) is 13.7. The summed E-state index contributed by atoms with van der Waals surface area (Å²) in [6.07, 6.45) is 4.80. The van der Waals surface area contributed by atoms with Crippen LogP contribution in [0.2, 0.25) is 0 Å². The fraction of sp³-hybridized carbons (Fsp3) is 0.471. The van der Waals surface area contributed by atoms with Crippen LogP contribution in [0, 0.1) is 17.7 Å². The van der Waals surface area contributed by atoms with Gasteiger partial charge in [0.25, 0.3) is 5.91 Å². The number of amides is 1. The molecule has 1 fully saturated rings. The highest BCUT2D eigenvalue weighted by Crippen LogP contribution is 2.29. The standard InChI is InChI=1S/C17H21FN4O/c1-11-4-3-5-15(12(11)2)20-17(23)16-10-19-22(21-16)14-8-6-13(18)7-9-14/h6-12,15H,3-5H2,1-2H3,(H,20,23)/t11-,12+,15+/m1/s1. The van der Waals surface area contributed by atoms with Gasteiger partial charge in [0.1, 0.15) is 5.82 Å². The van der Waals surface area contributed by atoms with Crippen LogP contribution in [0.15, 0.2) is 30.5 Å². The van der Waals surface area contributed by atoms with Crippen molar-refractivity contribution in [3.8, 4) is 5.69 Å². The number of benzene rings is 1. The maximum atomic E-state index is 13.0. The molecule has 0 aliphatic heterocycles. The second kappa shape index (κ2) is 6.48. The largest absolute Gasteiger partial charge is 0.348 e. The molecule has 1 N–H and O–H groups in total. The SMILES string of the molecule is C[C@H]1[C@H](C)CCC[C@@H]1NC(=O)c1cnn(-c2ccc(F)cc2)n1. The maximum absolute atomic E-state index is 13.0. The fourth-order valence-corrected chi connectivity index (χ4v) is 3.09. The third-order valence-electron chi connectivity index (χ3n) is 4.81. The molecule has 0 radical (unpaired) electrons. The van der Waals surface area contributed by atoms with Crippen LogP contribution in [-0.4, -0.2) is 26.9 Å². The summed E-state index contributed by atoms with van der Waals surface area (Å²) in [6.45, 7) is 4.41. The van der Waals surface area contributed by atoms with Crippen LogP contribution >= 0.6 is 0 Å². The van der Waals surface area contributed by atoms with Crippen molar-refractivity contribution in [1.29, 1.82) is 0 Å². The predicted octanol–water partition coefficient (Wildman–Crippen LogP) is 2.96. The Morgan fingerprint density at radius 2 is 2.00 bits per heavy atom. The number of hydrogen-bond acceptors (Lipinski definition) is 3. The van der Waals surface area contributed by atoms with Crippen LogP contribution in [-0.2, 0) is 0 Å². The van der Waals surface area contributed by atoms with Gasteiger partial charge in [-0.3, -0.25) is 4.79 Å². The molecule has 0 bridgehead atoms. The van der Waals surface area contributed by atoms with E-state index in [9.17, 15) is 9.18 Å². The first-order valence-electron chi connectivity index (χ1n) is 8.04. The second-order valence-electron chi connectivity index (χ2n) is 6.34. The van der Waals surface area contributed by atoms with Crippen molar-refractivity contribution in [2.45, 2.75) is 39.2 Å². The molecule has 2 aromatic rings. The lowest BCUT2D eigenvalue weighted by molar-refractivity contribution is 0.0885. The molecule has 6 heteroatoms. The second-order valence-corrected chi connectivity index (χ2v) is 6.34. The molecule has 122 valence electrons. The van der Waals surface area contributed by atoms with Gasteiger partial charge in [0.2, 0.25) is 0 Å². The molecule has 1 saturated carbocycles. The number of carbonyl (C=O) groups is 1. The first-order valence-corrected chi connectivity index (χ1v) is 8.04. The van der Waals surface area contributed by atoms with E-state index in [1.807, 2.05) is 0 Å². The summed E-state index contributed by atoms with van der Waals surface area (Å²) in [5, 5.41) is 11.4. The minimum absolute atomic E-state index is 0.183. The number of carbonyl (C=O) groups excluding carboxylic acids is 1. The predicted molar refractivity (Wildman–Crippen MR) is 84.8 cm³/mol. The lowest BCUT2D eigenvalue weighted by Crippen LogP contribution is -2.43. The van der Waals surface area contributed by atoms with Crippen molar-refractivity contribution in [3.05, 3.63) is 42.0 Å². The Morgan fingerprint density at radius 3 is 2.74 bits per heavy atom. The molecule has 1 amide bonds. The summed E-state index contributed by atoms with van der Waals surface area (Å²) in [5.41, 5.74) is 0.893. The van der Waals surface area contributed by atoms with Crippen molar-refractivity contribution in [1.82, 2.24) is 20.3 Å². The number of hydrogen-bond donors (Lipinski definition) is 1. The minimum Gasteiger partial charge on any atom is -0.348 e. The zero-order chi connectivity index (χ0) is 16.4. The highest BCUT2D eigenvalue weighted by molar-refractivity contribution is 5.92. The molecular weight excluding hydrogens is 295 g/mol. The van der Waals surface area contributed by atoms with Crippen molar-refractivity contribution in [2.75, 3.05) is 0 Å². The molecule has 3 atom stereocenters. The van der Waals surface area contributed by atoms with Crippen LogP contribution < -0.4 is 5.32 Å². The smallest absolute Gasteiger partial charge is 0.273 e. The van der Waals surface area contributed by atoms with E-state index in [1.165, 1.54) is 29.5 Å². The highest BCUT2D eigenvalue weighted by Gasteiger charge is 2.28. The summed E-state index contributed by atoms with van der Waals surface area (Å²) in [7, 11) is 0. The van der Waals surface area contributed by atoms with Crippen LogP contribution in [0.4, 0.5) is 4.39 Å². The van der Waals surface area contributed by atoms with Crippen molar-refractivity contribution in [2.24, 2.45) is 11.8 Å². The summed E-state index contributed by atoms with van der Waals surface area (Å²) >= 11 is 0. The number of nitrogens with zero attached hydrogens (tertiary/aromatic N) is 3. The molecule has 0 spiro atoms. The van der Waals surface area contributed by atoms with Gasteiger partial charge >= 0.3 is 0 Å². The minimum atomic E-state index is -0.320. The monoisotopic (exact) mass is 316 g/mol. The highest BCUT2D eigenvalue weighted by atomic mass is 19.1. The van der Waals surface area contributed by atoms with Gasteiger partial charge in [-0.1, -0.05) is 26.7 Å². The molecule has 1 aromatic heterocycles. The van der Waals surface area contributed by atoms with Gasteiger partial charge in [0.15, 0.2) is 5.69 Å². The zero-order valence-corrected chi connectivity index (χ0v) is 13.4. The third kappa shape index (κ3) is 3.41. The zero-order valence-electron chi connectivity index (χ0n) is 13.4. The molecule has 1 aliphatic rings. The number of nitrogens with one attached hydrogen (secondary N) is 1. The lowest BCUT2D eigenvalue weighted by Gasteiger charge is -2.34. The molecule has 1 aliphatic carbocycles. The van der Waals surface area contributed by atoms with Gasteiger partial charge in [-0.25, -0.2) is 4.39 Å². The molecule has 5 nitrogen and oxygen atoms in total. The molecule has 0 unspecified atom stereocenters. The first-order chi connectivity index (χ1) is 11.0. The number of halogens is 1. The van der Waals surface area contributed by atoms with Crippen LogP contribution in [0.3, 0.4) is 0 Å². The van der Waals surface area contributed by atoms with E-state index in [0.717, 1.165) is 12.8 Å². The van der Waals surface area contributed by atoms with E-state index in [1.54, 1.807) is 12.1 Å². The van der Waals surface area contributed by atoms with Crippen molar-refractivity contribution >= 4 is 5.91 Å². The normalized spacial score (nSPS) is 24.4. The Hall–Kier alpha value is -2.24. The topological polar surface area (TPSA) is 59.8 Å². The van der Waals surface area contributed by atoms with Gasteiger partial charge in [0.05, 0.1) is 11.9 Å². The van der Waals surface area contributed by atoms with Crippen LogP contribution in [0.25, 0.3) is 5.69 Å². The van der Waals surface area contributed by atoms with Crippen LogP contribution in [0.5, 0.6) is 0 Å². The molecule has 0 saturated heterocycles. The van der Waals surface area contributed by atoms with E-state index >= 15 is 0 Å². The first kappa shape index (κ1) is 15.6. The van der Waals surface area contributed by atoms with E-state index in [4.69, 9.17) is 0 Å². The van der Waals surface area contributed by atoms with E-state index < -0.39 is 0 Å². The molecule has 1 heterocycles. The number of rotatable bonds is 3. The van der Waals surface area contributed by atoms with E-state index in [-0.39, 0.29) is 23.5 Å². The van der Waals surface area contributed by atoms with E-state index in [0.29, 0.717) is 17.5 Å². The summed E-state index contributed by atoms with van der Waals surface area (Å²) < 4.78 is 13.0. The van der Waals surface area contributed by atoms with E-state index in [2.05, 4.69) is 29.4 Å². The van der Waals surface area contributed by atoms with Gasteiger partial charge in [0, 0.05) is 6.04 Å². The van der Waals surface area contributed by atoms with Crippen LogP contribution in [0.1, 0.15) is 43.6 Å². The Morgan fingerprint density at radius 1 is 1.26 bits per heavy atom. The average Bonchev–Trinajstić information content (AvgIpc) is 3.02. The Kier molecular flexibility index (Phi) is 4.41. The Balaban J connectivity index is 1.70. The number of aromatic nitrogens is 3. The average molecular weight is 316 g/mol. The molecule has 3 rings (SSSR count). The Labute approximate surface area is 134 Å². The van der Waals surface area contributed by atoms with Crippen molar-refractivity contribution < 1.29 is 9.18 Å². The van der Waals surface area contributed by atoms with Crippen molar-refractivity contribution in [3.63, 3.8) is 0 Å². The summed E-state index contributed by atoms with van der Waals surface area (Å²) in [5.74, 6) is 0.549.